The van der Waals surface area contributed by atoms with Gasteiger partial charge in [-0.05, 0) is 49.9 Å². The van der Waals surface area contributed by atoms with Crippen molar-refractivity contribution >= 4 is 0 Å². The summed E-state index contributed by atoms with van der Waals surface area (Å²) in [5, 5.41) is 9.87. The molecule has 0 aliphatic heterocycles. The molecule has 0 N–H and O–H groups in total. The van der Waals surface area contributed by atoms with E-state index < -0.39 is 0 Å². The standard InChI is InChI=1S/C20H35N/c1-3-5-6-7-9-18-10-11-19-14-17(8-4-2)12-13-20(19,15-18)16-21/h17-19H,3-15H2,1-2H3. The molecule has 0 aromatic heterocycles. The van der Waals surface area contributed by atoms with Crippen molar-refractivity contribution in [1.29, 1.82) is 5.26 Å². The molecule has 120 valence electrons. The van der Waals surface area contributed by atoms with Gasteiger partial charge in [0, 0.05) is 0 Å². The lowest BCUT2D eigenvalue weighted by atomic mass is 9.55. The highest BCUT2D eigenvalue weighted by molar-refractivity contribution is 5.08. The molecule has 2 fully saturated rings. The van der Waals surface area contributed by atoms with Gasteiger partial charge < -0.3 is 0 Å². The Morgan fingerprint density at radius 3 is 2.52 bits per heavy atom. The van der Waals surface area contributed by atoms with Crippen molar-refractivity contribution < 1.29 is 0 Å². The fourth-order valence-corrected chi connectivity index (χ4v) is 5.10. The first-order chi connectivity index (χ1) is 10.2. The van der Waals surface area contributed by atoms with Gasteiger partial charge in [-0.2, -0.15) is 5.26 Å². The van der Waals surface area contributed by atoms with E-state index in [0.717, 1.165) is 17.8 Å². The Morgan fingerprint density at radius 2 is 1.81 bits per heavy atom. The molecule has 0 radical (unpaired) electrons. The zero-order valence-electron chi connectivity index (χ0n) is 14.4. The lowest BCUT2D eigenvalue weighted by molar-refractivity contribution is 0.0370. The lowest BCUT2D eigenvalue weighted by Gasteiger charge is -2.48. The van der Waals surface area contributed by atoms with Gasteiger partial charge >= 0.3 is 0 Å². The van der Waals surface area contributed by atoms with E-state index in [-0.39, 0.29) is 5.41 Å². The average Bonchev–Trinajstić information content (AvgIpc) is 2.52. The molecule has 0 saturated heterocycles. The van der Waals surface area contributed by atoms with Crippen LogP contribution in [0.4, 0.5) is 0 Å². The minimum atomic E-state index is 0.0674. The molecule has 2 aliphatic carbocycles. The summed E-state index contributed by atoms with van der Waals surface area (Å²) >= 11 is 0. The van der Waals surface area contributed by atoms with Crippen LogP contribution in [0.3, 0.4) is 0 Å². The van der Waals surface area contributed by atoms with Gasteiger partial charge in [0.05, 0.1) is 11.5 Å². The van der Waals surface area contributed by atoms with Crippen molar-refractivity contribution in [2.24, 2.45) is 23.2 Å². The summed E-state index contributed by atoms with van der Waals surface area (Å²) in [5.41, 5.74) is 0.0674. The van der Waals surface area contributed by atoms with Crippen molar-refractivity contribution in [2.75, 3.05) is 0 Å². The molecule has 0 bridgehead atoms. The summed E-state index contributed by atoms with van der Waals surface area (Å²) < 4.78 is 0. The fourth-order valence-electron chi connectivity index (χ4n) is 5.10. The normalized spacial score (nSPS) is 36.0. The summed E-state index contributed by atoms with van der Waals surface area (Å²) in [6.07, 6.45) is 17.4. The summed E-state index contributed by atoms with van der Waals surface area (Å²) in [6.45, 7) is 4.59. The van der Waals surface area contributed by atoms with Crippen LogP contribution in [-0.2, 0) is 0 Å². The SMILES string of the molecule is CCCCCCC1CCC2CC(CCC)CCC2(C#N)C1. The van der Waals surface area contributed by atoms with E-state index in [1.807, 2.05) is 0 Å². The summed E-state index contributed by atoms with van der Waals surface area (Å²) in [5.74, 6) is 2.49. The number of hydrogen-bond donors (Lipinski definition) is 0. The number of hydrogen-bond acceptors (Lipinski definition) is 1. The maximum Gasteiger partial charge on any atom is 0.0692 e. The Hall–Kier alpha value is -0.510. The number of rotatable bonds is 7. The van der Waals surface area contributed by atoms with Gasteiger partial charge in [0.2, 0.25) is 0 Å². The Balaban J connectivity index is 1.86. The smallest absolute Gasteiger partial charge is 0.0692 e. The first-order valence-electron chi connectivity index (χ1n) is 9.65. The first kappa shape index (κ1) is 16.9. The van der Waals surface area contributed by atoms with E-state index in [1.165, 1.54) is 83.5 Å². The van der Waals surface area contributed by atoms with E-state index in [4.69, 9.17) is 0 Å². The summed E-state index contributed by atoms with van der Waals surface area (Å²) in [7, 11) is 0. The number of unbranched alkanes of at least 4 members (excludes halogenated alkanes) is 3. The van der Waals surface area contributed by atoms with Crippen LogP contribution >= 0.6 is 0 Å². The molecule has 2 rings (SSSR count). The molecule has 0 aromatic rings. The molecular weight excluding hydrogens is 254 g/mol. The molecule has 2 aliphatic rings. The monoisotopic (exact) mass is 289 g/mol. The van der Waals surface area contributed by atoms with Crippen LogP contribution in [0.2, 0.25) is 0 Å². The predicted octanol–water partition coefficient (Wildman–Crippen LogP) is 6.48. The van der Waals surface area contributed by atoms with Crippen molar-refractivity contribution in [2.45, 2.75) is 97.3 Å². The Kier molecular flexibility index (Phi) is 6.59. The minimum absolute atomic E-state index is 0.0674. The van der Waals surface area contributed by atoms with Crippen molar-refractivity contribution in [1.82, 2.24) is 0 Å². The van der Waals surface area contributed by atoms with Crippen molar-refractivity contribution in [3.63, 3.8) is 0 Å². The second-order valence-electron chi connectivity index (χ2n) is 7.89. The largest absolute Gasteiger partial charge is 0.198 e. The second-order valence-corrected chi connectivity index (χ2v) is 7.89. The van der Waals surface area contributed by atoms with Crippen LogP contribution in [0.15, 0.2) is 0 Å². The molecule has 4 atom stereocenters. The van der Waals surface area contributed by atoms with E-state index in [9.17, 15) is 5.26 Å². The summed E-state index contributed by atoms with van der Waals surface area (Å²) in [6, 6.07) is 2.81. The maximum atomic E-state index is 9.87. The van der Waals surface area contributed by atoms with Gasteiger partial charge in [0.15, 0.2) is 0 Å². The molecule has 0 aromatic carbocycles. The van der Waals surface area contributed by atoms with Crippen LogP contribution in [0.25, 0.3) is 0 Å². The van der Waals surface area contributed by atoms with Crippen molar-refractivity contribution in [3.8, 4) is 6.07 Å². The minimum Gasteiger partial charge on any atom is -0.198 e. The Morgan fingerprint density at radius 1 is 0.952 bits per heavy atom. The van der Waals surface area contributed by atoms with Crippen LogP contribution in [-0.4, -0.2) is 0 Å². The first-order valence-corrected chi connectivity index (χ1v) is 9.65. The molecule has 1 heteroatoms. The zero-order chi connectivity index (χ0) is 15.1. The van der Waals surface area contributed by atoms with E-state index in [1.54, 1.807) is 0 Å². The van der Waals surface area contributed by atoms with Gasteiger partial charge in [-0.1, -0.05) is 65.2 Å². The summed E-state index contributed by atoms with van der Waals surface area (Å²) in [4.78, 5) is 0. The highest BCUT2D eigenvalue weighted by Crippen LogP contribution is 2.54. The highest BCUT2D eigenvalue weighted by Gasteiger charge is 2.47. The molecule has 0 amide bonds. The third-order valence-electron chi connectivity index (χ3n) is 6.36. The number of nitriles is 1. The average molecular weight is 290 g/mol. The van der Waals surface area contributed by atoms with Gasteiger partial charge in [-0.25, -0.2) is 0 Å². The fraction of sp³-hybridized carbons (Fsp3) is 0.950. The zero-order valence-corrected chi connectivity index (χ0v) is 14.4. The van der Waals surface area contributed by atoms with E-state index in [2.05, 4.69) is 19.9 Å². The van der Waals surface area contributed by atoms with Crippen LogP contribution in [0, 0.1) is 34.5 Å². The predicted molar refractivity (Wildman–Crippen MR) is 89.9 cm³/mol. The molecule has 2 saturated carbocycles. The Bertz CT molecular complexity index is 342. The number of fused-ring (bicyclic) bond motifs is 1. The van der Waals surface area contributed by atoms with E-state index >= 15 is 0 Å². The van der Waals surface area contributed by atoms with Crippen LogP contribution < -0.4 is 0 Å². The second kappa shape index (κ2) is 8.21. The molecule has 1 nitrogen and oxygen atoms in total. The topological polar surface area (TPSA) is 23.8 Å². The van der Waals surface area contributed by atoms with Gasteiger partial charge in [-0.3, -0.25) is 0 Å². The van der Waals surface area contributed by atoms with Gasteiger partial charge in [0.25, 0.3) is 0 Å². The van der Waals surface area contributed by atoms with Crippen LogP contribution in [0.1, 0.15) is 97.3 Å². The molecule has 21 heavy (non-hydrogen) atoms. The maximum absolute atomic E-state index is 9.87. The van der Waals surface area contributed by atoms with E-state index in [0.29, 0.717) is 0 Å². The number of nitrogens with zero attached hydrogens (tertiary/aromatic N) is 1. The Labute approximate surface area is 132 Å². The third-order valence-corrected chi connectivity index (χ3v) is 6.36. The quantitative estimate of drug-likeness (QED) is 0.492. The highest BCUT2D eigenvalue weighted by atomic mass is 14.5. The van der Waals surface area contributed by atoms with Gasteiger partial charge in [0.1, 0.15) is 0 Å². The van der Waals surface area contributed by atoms with Crippen LogP contribution in [0.5, 0.6) is 0 Å². The molecule has 0 heterocycles. The van der Waals surface area contributed by atoms with Gasteiger partial charge in [-0.15, -0.1) is 0 Å². The van der Waals surface area contributed by atoms with Crippen molar-refractivity contribution in [3.05, 3.63) is 0 Å². The third kappa shape index (κ3) is 4.24. The molecule has 4 unspecified atom stereocenters. The lowest BCUT2D eigenvalue weighted by Crippen LogP contribution is -2.40. The molecule has 0 spiro atoms. The molecular formula is C20H35N.